The third-order valence-electron chi connectivity index (χ3n) is 4.07. The maximum Gasteiger partial charge on any atom is 0.0918 e. The second-order valence-electron chi connectivity index (χ2n) is 5.82. The van der Waals surface area contributed by atoms with Gasteiger partial charge in [0.15, 0.2) is 0 Å². The second-order valence-corrected chi connectivity index (χ2v) is 5.82. The molecule has 0 radical (unpaired) electrons. The minimum atomic E-state index is 0.301. The van der Waals surface area contributed by atoms with E-state index in [-0.39, 0.29) is 0 Å². The van der Waals surface area contributed by atoms with Gasteiger partial charge in [0.2, 0.25) is 0 Å². The molecule has 1 saturated heterocycles. The fourth-order valence-electron chi connectivity index (χ4n) is 2.72. The lowest BCUT2D eigenvalue weighted by atomic mass is 9.99. The van der Waals surface area contributed by atoms with E-state index in [1.54, 1.807) is 0 Å². The number of nitrogens with two attached hydrogens (primary N) is 1. The first-order chi connectivity index (χ1) is 8.50. The number of rotatable bonds is 7. The van der Waals surface area contributed by atoms with E-state index in [9.17, 15) is 0 Å². The molecule has 0 aromatic rings. The number of hydrogen-bond donors (Lipinski definition) is 2. The van der Waals surface area contributed by atoms with Crippen LogP contribution >= 0.6 is 0 Å². The third-order valence-corrected chi connectivity index (χ3v) is 4.07. The Kier molecular flexibility index (Phi) is 6.65. The number of amidine groups is 1. The van der Waals surface area contributed by atoms with Crippen LogP contribution in [-0.2, 0) is 0 Å². The van der Waals surface area contributed by atoms with Gasteiger partial charge in [-0.05, 0) is 53.2 Å². The van der Waals surface area contributed by atoms with Crippen LogP contribution in [0.5, 0.6) is 0 Å². The Morgan fingerprint density at radius 1 is 1.39 bits per heavy atom. The fraction of sp³-hybridized carbons (Fsp3) is 0.929. The van der Waals surface area contributed by atoms with E-state index in [1.807, 2.05) is 0 Å². The first kappa shape index (κ1) is 15.4. The topological polar surface area (TPSA) is 56.4 Å². The van der Waals surface area contributed by atoms with Crippen molar-refractivity contribution in [3.8, 4) is 0 Å². The highest BCUT2D eigenvalue weighted by Gasteiger charge is 2.20. The van der Waals surface area contributed by atoms with Crippen molar-refractivity contribution in [2.24, 2.45) is 5.73 Å². The average Bonchev–Trinajstić information content (AvgIpc) is 2.30. The molecule has 1 fully saturated rings. The van der Waals surface area contributed by atoms with E-state index in [2.05, 4.69) is 30.7 Å². The number of likely N-dealkylation sites (tertiary alicyclic amines) is 1. The highest BCUT2D eigenvalue weighted by molar-refractivity contribution is 5.76. The predicted octanol–water partition coefficient (Wildman–Crippen LogP) is 1.90. The molecule has 0 spiro atoms. The Balaban J connectivity index is 2.33. The van der Waals surface area contributed by atoms with Gasteiger partial charge in [0, 0.05) is 25.0 Å². The summed E-state index contributed by atoms with van der Waals surface area (Å²) in [5.74, 6) is 0.301. The van der Waals surface area contributed by atoms with Crippen molar-refractivity contribution in [1.29, 1.82) is 5.41 Å². The molecular formula is C14H30N4. The zero-order chi connectivity index (χ0) is 13.5. The van der Waals surface area contributed by atoms with Crippen molar-refractivity contribution in [2.75, 3.05) is 26.7 Å². The number of piperidine rings is 1. The maximum absolute atomic E-state index is 7.33. The van der Waals surface area contributed by atoms with Crippen LogP contribution < -0.4 is 5.73 Å². The van der Waals surface area contributed by atoms with E-state index in [0.29, 0.717) is 18.3 Å². The molecular weight excluding hydrogens is 224 g/mol. The smallest absolute Gasteiger partial charge is 0.0918 e. The molecule has 1 unspecified atom stereocenters. The molecule has 0 aliphatic carbocycles. The highest BCUT2D eigenvalue weighted by atomic mass is 15.2. The van der Waals surface area contributed by atoms with Crippen molar-refractivity contribution in [2.45, 2.75) is 58.0 Å². The van der Waals surface area contributed by atoms with E-state index < -0.39 is 0 Å². The summed E-state index contributed by atoms with van der Waals surface area (Å²) in [6.07, 6.45) is 6.01. The van der Waals surface area contributed by atoms with Crippen LogP contribution in [0.3, 0.4) is 0 Å². The Morgan fingerprint density at radius 2 is 2.11 bits per heavy atom. The van der Waals surface area contributed by atoms with Gasteiger partial charge in [-0.1, -0.05) is 6.42 Å². The summed E-state index contributed by atoms with van der Waals surface area (Å²) in [7, 11) is 2.25. The molecule has 1 rings (SSSR count). The summed E-state index contributed by atoms with van der Waals surface area (Å²) in [4.78, 5) is 4.96. The van der Waals surface area contributed by atoms with Crippen LogP contribution in [0.2, 0.25) is 0 Å². The van der Waals surface area contributed by atoms with Gasteiger partial charge in [0.1, 0.15) is 0 Å². The molecule has 1 atom stereocenters. The highest BCUT2D eigenvalue weighted by Crippen LogP contribution is 2.18. The van der Waals surface area contributed by atoms with Gasteiger partial charge in [-0.3, -0.25) is 5.41 Å². The van der Waals surface area contributed by atoms with Gasteiger partial charge in [0.05, 0.1) is 5.84 Å². The minimum Gasteiger partial charge on any atom is -0.388 e. The number of hydrogen-bond acceptors (Lipinski definition) is 3. The molecule has 1 aliphatic heterocycles. The summed E-state index contributed by atoms with van der Waals surface area (Å²) in [5, 5.41) is 7.33. The first-order valence-corrected chi connectivity index (χ1v) is 7.28. The first-order valence-electron chi connectivity index (χ1n) is 7.28. The standard InChI is InChI=1S/C14H30N4/c1-12(2)18(11-8-14(15)16)10-7-13-6-4-5-9-17(13)3/h12-13H,4-11H2,1-3H3,(H3,15,16). The van der Waals surface area contributed by atoms with E-state index >= 15 is 0 Å². The van der Waals surface area contributed by atoms with Crippen molar-refractivity contribution in [1.82, 2.24) is 9.80 Å². The van der Waals surface area contributed by atoms with Gasteiger partial charge >= 0.3 is 0 Å². The second kappa shape index (κ2) is 7.74. The molecule has 4 heteroatoms. The molecule has 3 N–H and O–H groups in total. The minimum absolute atomic E-state index is 0.301. The van der Waals surface area contributed by atoms with Gasteiger partial charge in [-0.25, -0.2) is 0 Å². The van der Waals surface area contributed by atoms with Crippen molar-refractivity contribution in [3.63, 3.8) is 0 Å². The lowest BCUT2D eigenvalue weighted by Crippen LogP contribution is -2.41. The molecule has 0 aromatic heterocycles. The van der Waals surface area contributed by atoms with E-state index in [0.717, 1.165) is 19.1 Å². The number of nitrogens with one attached hydrogen (secondary N) is 1. The van der Waals surface area contributed by atoms with Crippen LogP contribution in [0.1, 0.15) is 46.0 Å². The molecule has 18 heavy (non-hydrogen) atoms. The lowest BCUT2D eigenvalue weighted by molar-refractivity contribution is 0.143. The summed E-state index contributed by atoms with van der Waals surface area (Å²) >= 11 is 0. The Labute approximate surface area is 112 Å². The molecule has 0 saturated carbocycles. The average molecular weight is 254 g/mol. The summed E-state index contributed by atoms with van der Waals surface area (Å²) in [5.41, 5.74) is 5.45. The molecule has 0 aromatic carbocycles. The van der Waals surface area contributed by atoms with Gasteiger partial charge < -0.3 is 15.5 Å². The zero-order valence-corrected chi connectivity index (χ0v) is 12.3. The SMILES string of the molecule is CC(C)N(CCC(=N)N)CCC1CCCCN1C. The van der Waals surface area contributed by atoms with Crippen LogP contribution in [0.25, 0.3) is 0 Å². The third kappa shape index (κ3) is 5.36. The van der Waals surface area contributed by atoms with E-state index in [1.165, 1.54) is 32.2 Å². The van der Waals surface area contributed by atoms with Crippen molar-refractivity contribution in [3.05, 3.63) is 0 Å². The van der Waals surface area contributed by atoms with Crippen LogP contribution in [0.15, 0.2) is 0 Å². The van der Waals surface area contributed by atoms with Gasteiger partial charge in [0.25, 0.3) is 0 Å². The summed E-state index contributed by atoms with van der Waals surface area (Å²) < 4.78 is 0. The number of nitrogens with zero attached hydrogens (tertiary/aromatic N) is 2. The lowest BCUT2D eigenvalue weighted by Gasteiger charge is -2.35. The summed E-state index contributed by atoms with van der Waals surface area (Å²) in [6, 6.07) is 1.29. The maximum atomic E-state index is 7.33. The molecule has 106 valence electrons. The van der Waals surface area contributed by atoms with Crippen molar-refractivity contribution >= 4 is 5.84 Å². The van der Waals surface area contributed by atoms with Crippen LogP contribution in [0.4, 0.5) is 0 Å². The van der Waals surface area contributed by atoms with Gasteiger partial charge in [-0.2, -0.15) is 0 Å². The zero-order valence-electron chi connectivity index (χ0n) is 12.3. The molecule has 0 bridgehead atoms. The molecule has 0 amide bonds. The molecule has 4 nitrogen and oxygen atoms in total. The van der Waals surface area contributed by atoms with Crippen LogP contribution in [-0.4, -0.2) is 54.4 Å². The fourth-order valence-corrected chi connectivity index (χ4v) is 2.72. The quantitative estimate of drug-likeness (QED) is 0.539. The normalized spacial score (nSPS) is 21.7. The largest absolute Gasteiger partial charge is 0.388 e. The van der Waals surface area contributed by atoms with E-state index in [4.69, 9.17) is 11.1 Å². The monoisotopic (exact) mass is 254 g/mol. The van der Waals surface area contributed by atoms with Crippen LogP contribution in [0, 0.1) is 5.41 Å². The summed E-state index contributed by atoms with van der Waals surface area (Å²) in [6.45, 7) is 7.75. The predicted molar refractivity (Wildman–Crippen MR) is 78.1 cm³/mol. The Hall–Kier alpha value is -0.610. The molecule has 1 heterocycles. The van der Waals surface area contributed by atoms with Gasteiger partial charge in [-0.15, -0.1) is 0 Å². The molecule has 1 aliphatic rings. The Bertz CT molecular complexity index is 252. The van der Waals surface area contributed by atoms with Crippen molar-refractivity contribution < 1.29 is 0 Å². The Morgan fingerprint density at radius 3 is 2.67 bits per heavy atom.